The third-order valence-electron chi connectivity index (χ3n) is 3.50. The summed E-state index contributed by atoms with van der Waals surface area (Å²) in [6.07, 6.45) is 9.77. The highest BCUT2D eigenvalue weighted by Gasteiger charge is 2.07. The van der Waals surface area contributed by atoms with Crippen molar-refractivity contribution in [1.82, 2.24) is 19.1 Å². The summed E-state index contributed by atoms with van der Waals surface area (Å²) in [5, 5.41) is 3.46. The summed E-state index contributed by atoms with van der Waals surface area (Å²) in [6.45, 7) is 5.88. The fraction of sp³-hybridized carbons (Fsp3) is 0.250. The van der Waals surface area contributed by atoms with Crippen LogP contribution in [0.3, 0.4) is 0 Å². The van der Waals surface area contributed by atoms with Crippen LogP contribution in [-0.2, 0) is 13.1 Å². The van der Waals surface area contributed by atoms with E-state index >= 15 is 0 Å². The van der Waals surface area contributed by atoms with E-state index in [2.05, 4.69) is 45.2 Å². The first-order valence-corrected chi connectivity index (χ1v) is 7.12. The van der Waals surface area contributed by atoms with E-state index in [0.717, 1.165) is 30.4 Å². The maximum Gasteiger partial charge on any atom is 0.161 e. The fourth-order valence-corrected chi connectivity index (χ4v) is 2.32. The molecular weight excluding hydrogens is 262 g/mol. The predicted molar refractivity (Wildman–Crippen MR) is 83.5 cm³/mol. The Kier molecular flexibility index (Phi) is 3.73. The van der Waals surface area contributed by atoms with Gasteiger partial charge in [-0.3, -0.25) is 4.57 Å². The van der Waals surface area contributed by atoms with Crippen molar-refractivity contribution in [3.05, 3.63) is 60.6 Å². The van der Waals surface area contributed by atoms with E-state index in [1.807, 2.05) is 29.8 Å². The Labute approximate surface area is 124 Å². The number of pyridine rings is 1. The lowest BCUT2D eigenvalue weighted by atomic mass is 10.3. The van der Waals surface area contributed by atoms with E-state index in [9.17, 15) is 0 Å². The Morgan fingerprint density at radius 2 is 2.05 bits per heavy atom. The van der Waals surface area contributed by atoms with Crippen LogP contribution in [0.15, 0.2) is 49.2 Å². The topological polar surface area (TPSA) is 47.7 Å². The zero-order valence-corrected chi connectivity index (χ0v) is 12.3. The summed E-state index contributed by atoms with van der Waals surface area (Å²) in [6, 6.07) is 6.11. The number of anilines is 1. The standard InChI is InChI=1S/C16H19N5/c1-3-20-9-6-14(12-20)11-19-15-5-4-7-18-16(15)21-10-8-17-13(21)2/h4-10,12,19H,3,11H2,1-2H3. The van der Waals surface area contributed by atoms with Gasteiger partial charge >= 0.3 is 0 Å². The summed E-state index contributed by atoms with van der Waals surface area (Å²) in [7, 11) is 0. The molecule has 0 fully saturated rings. The molecule has 3 rings (SSSR count). The number of nitrogens with one attached hydrogen (secondary N) is 1. The van der Waals surface area contributed by atoms with Crippen molar-refractivity contribution in [2.75, 3.05) is 5.32 Å². The SMILES string of the molecule is CCn1ccc(CNc2cccnc2-n2ccnc2C)c1. The Morgan fingerprint density at radius 1 is 1.14 bits per heavy atom. The van der Waals surface area contributed by atoms with Gasteiger partial charge in [-0.25, -0.2) is 9.97 Å². The van der Waals surface area contributed by atoms with Crippen molar-refractivity contribution in [3.63, 3.8) is 0 Å². The van der Waals surface area contributed by atoms with Crippen molar-refractivity contribution in [3.8, 4) is 5.82 Å². The van der Waals surface area contributed by atoms with Crippen LogP contribution in [0.1, 0.15) is 18.3 Å². The molecule has 0 aliphatic rings. The molecule has 108 valence electrons. The Balaban J connectivity index is 1.81. The number of imidazole rings is 1. The van der Waals surface area contributed by atoms with Gasteiger partial charge in [0.05, 0.1) is 5.69 Å². The molecule has 0 aromatic carbocycles. The molecule has 0 saturated carbocycles. The first-order valence-electron chi connectivity index (χ1n) is 7.12. The lowest BCUT2D eigenvalue weighted by molar-refractivity contribution is 0.766. The van der Waals surface area contributed by atoms with Gasteiger partial charge in [0.25, 0.3) is 0 Å². The molecule has 3 aromatic rings. The second-order valence-corrected chi connectivity index (χ2v) is 4.92. The number of rotatable bonds is 5. The van der Waals surface area contributed by atoms with Crippen LogP contribution in [0, 0.1) is 6.92 Å². The van der Waals surface area contributed by atoms with E-state index in [-0.39, 0.29) is 0 Å². The molecule has 21 heavy (non-hydrogen) atoms. The van der Waals surface area contributed by atoms with Crippen molar-refractivity contribution in [2.24, 2.45) is 0 Å². The van der Waals surface area contributed by atoms with Crippen LogP contribution < -0.4 is 5.32 Å². The molecule has 0 aliphatic heterocycles. The Morgan fingerprint density at radius 3 is 2.76 bits per heavy atom. The van der Waals surface area contributed by atoms with Gasteiger partial charge in [0.15, 0.2) is 5.82 Å². The molecule has 0 aliphatic carbocycles. The number of aromatic nitrogens is 4. The summed E-state index contributed by atoms with van der Waals surface area (Å²) < 4.78 is 4.15. The highest BCUT2D eigenvalue weighted by Crippen LogP contribution is 2.19. The Bertz CT molecular complexity index is 726. The van der Waals surface area contributed by atoms with E-state index in [1.54, 1.807) is 12.4 Å². The number of hydrogen-bond acceptors (Lipinski definition) is 3. The molecule has 3 aromatic heterocycles. The van der Waals surface area contributed by atoms with Gasteiger partial charge in [0.2, 0.25) is 0 Å². The van der Waals surface area contributed by atoms with Crippen molar-refractivity contribution >= 4 is 5.69 Å². The molecule has 0 saturated heterocycles. The smallest absolute Gasteiger partial charge is 0.161 e. The summed E-state index contributed by atoms with van der Waals surface area (Å²) in [5.41, 5.74) is 2.26. The van der Waals surface area contributed by atoms with Gasteiger partial charge in [-0.15, -0.1) is 0 Å². The fourth-order valence-electron chi connectivity index (χ4n) is 2.32. The lowest BCUT2D eigenvalue weighted by Crippen LogP contribution is -2.06. The third-order valence-corrected chi connectivity index (χ3v) is 3.50. The van der Waals surface area contributed by atoms with Gasteiger partial charge in [-0.1, -0.05) is 0 Å². The van der Waals surface area contributed by atoms with Gasteiger partial charge < -0.3 is 9.88 Å². The quantitative estimate of drug-likeness (QED) is 0.782. The minimum absolute atomic E-state index is 0.777. The minimum atomic E-state index is 0.777. The molecule has 1 N–H and O–H groups in total. The van der Waals surface area contributed by atoms with E-state index in [1.165, 1.54) is 5.56 Å². The zero-order chi connectivity index (χ0) is 14.7. The molecule has 5 nitrogen and oxygen atoms in total. The summed E-state index contributed by atoms with van der Waals surface area (Å²) >= 11 is 0. The summed E-state index contributed by atoms with van der Waals surface area (Å²) in [5.74, 6) is 1.80. The molecule has 0 bridgehead atoms. The van der Waals surface area contributed by atoms with Crippen molar-refractivity contribution < 1.29 is 0 Å². The molecule has 0 unspecified atom stereocenters. The third kappa shape index (κ3) is 2.81. The monoisotopic (exact) mass is 281 g/mol. The maximum absolute atomic E-state index is 4.47. The highest BCUT2D eigenvalue weighted by molar-refractivity contribution is 5.57. The normalized spacial score (nSPS) is 10.8. The van der Waals surface area contributed by atoms with Crippen LogP contribution in [0.2, 0.25) is 0 Å². The molecule has 0 radical (unpaired) electrons. The number of aryl methyl sites for hydroxylation is 2. The second-order valence-electron chi connectivity index (χ2n) is 4.92. The Hall–Kier alpha value is -2.56. The molecule has 0 spiro atoms. The molecule has 5 heteroatoms. The average molecular weight is 281 g/mol. The molecule has 3 heterocycles. The van der Waals surface area contributed by atoms with Crippen LogP contribution in [0.4, 0.5) is 5.69 Å². The highest BCUT2D eigenvalue weighted by atomic mass is 15.1. The number of nitrogens with zero attached hydrogens (tertiary/aromatic N) is 4. The van der Waals surface area contributed by atoms with Gasteiger partial charge in [0.1, 0.15) is 5.82 Å². The van der Waals surface area contributed by atoms with Gasteiger partial charge in [-0.05, 0) is 37.6 Å². The zero-order valence-electron chi connectivity index (χ0n) is 12.3. The van der Waals surface area contributed by atoms with Crippen LogP contribution in [-0.4, -0.2) is 19.1 Å². The maximum atomic E-state index is 4.47. The van der Waals surface area contributed by atoms with Gasteiger partial charge in [-0.2, -0.15) is 0 Å². The van der Waals surface area contributed by atoms with E-state index in [0.29, 0.717) is 0 Å². The number of hydrogen-bond donors (Lipinski definition) is 1. The van der Waals surface area contributed by atoms with E-state index in [4.69, 9.17) is 0 Å². The average Bonchev–Trinajstić information content (AvgIpc) is 3.14. The first-order chi connectivity index (χ1) is 10.3. The predicted octanol–water partition coefficient (Wildman–Crippen LogP) is 3.01. The van der Waals surface area contributed by atoms with Crippen LogP contribution >= 0.6 is 0 Å². The molecular formula is C16H19N5. The molecule has 0 atom stereocenters. The lowest BCUT2D eigenvalue weighted by Gasteiger charge is -2.12. The second kappa shape index (κ2) is 5.83. The van der Waals surface area contributed by atoms with Gasteiger partial charge in [0, 0.05) is 44.1 Å². The largest absolute Gasteiger partial charge is 0.378 e. The minimum Gasteiger partial charge on any atom is -0.378 e. The van der Waals surface area contributed by atoms with E-state index < -0.39 is 0 Å². The van der Waals surface area contributed by atoms with Crippen molar-refractivity contribution in [2.45, 2.75) is 26.9 Å². The molecule has 0 amide bonds. The van der Waals surface area contributed by atoms with Crippen LogP contribution in [0.5, 0.6) is 0 Å². The van der Waals surface area contributed by atoms with Crippen molar-refractivity contribution in [1.29, 1.82) is 0 Å². The summed E-state index contributed by atoms with van der Waals surface area (Å²) in [4.78, 5) is 8.73. The first kappa shape index (κ1) is 13.4. The van der Waals surface area contributed by atoms with Crippen LogP contribution in [0.25, 0.3) is 5.82 Å².